The third-order valence-electron chi connectivity index (χ3n) is 4.77. The molecule has 1 amide bonds. The van der Waals surface area contributed by atoms with Gasteiger partial charge in [-0.1, -0.05) is 18.5 Å². The lowest BCUT2D eigenvalue weighted by Crippen LogP contribution is -2.24. The van der Waals surface area contributed by atoms with Crippen molar-refractivity contribution < 1.29 is 28.5 Å². The molecule has 10 nitrogen and oxygen atoms in total. The molecule has 176 valence electrons. The van der Waals surface area contributed by atoms with Crippen molar-refractivity contribution in [2.75, 3.05) is 21.3 Å². The molecule has 33 heavy (non-hydrogen) atoms. The molecule has 0 aliphatic heterocycles. The zero-order valence-electron chi connectivity index (χ0n) is 18.7. The van der Waals surface area contributed by atoms with E-state index in [9.17, 15) is 9.59 Å². The number of nitrogens with zero attached hydrogens (tertiary/aromatic N) is 1. The van der Waals surface area contributed by atoms with Crippen molar-refractivity contribution in [1.29, 1.82) is 0 Å². The largest absolute Gasteiger partial charge is 0.493 e. The average molecular weight is 477 g/mol. The van der Waals surface area contributed by atoms with E-state index in [2.05, 4.69) is 20.3 Å². The lowest BCUT2D eigenvalue weighted by atomic mass is 10.0. The number of hydrogen-bond donors (Lipinski definition) is 3. The Bertz CT molecular complexity index is 1130. The van der Waals surface area contributed by atoms with Gasteiger partial charge in [0, 0.05) is 35.6 Å². The van der Waals surface area contributed by atoms with Crippen LogP contribution in [-0.4, -0.2) is 48.2 Å². The van der Waals surface area contributed by atoms with Crippen LogP contribution in [0.3, 0.4) is 0 Å². The SMILES string of the molecule is CCCC(=O)Oc1[nH]c(CNC(=O)c2ncc[nH]2)c(-c2ccc(OC)c(OC)c2OC)c1Cl. The molecule has 3 N–H and O–H groups in total. The Morgan fingerprint density at radius 1 is 1.12 bits per heavy atom. The number of amides is 1. The number of imidazole rings is 1. The second kappa shape index (κ2) is 10.8. The van der Waals surface area contributed by atoms with Gasteiger partial charge in [0.15, 0.2) is 17.3 Å². The molecule has 0 aliphatic rings. The summed E-state index contributed by atoms with van der Waals surface area (Å²) in [6.07, 6.45) is 3.88. The molecule has 0 saturated heterocycles. The van der Waals surface area contributed by atoms with Gasteiger partial charge in [0.25, 0.3) is 5.91 Å². The third kappa shape index (κ3) is 5.06. The normalized spacial score (nSPS) is 10.6. The van der Waals surface area contributed by atoms with Gasteiger partial charge in [-0.05, 0) is 18.6 Å². The Hall–Kier alpha value is -3.66. The summed E-state index contributed by atoms with van der Waals surface area (Å²) in [5, 5.41) is 2.92. The summed E-state index contributed by atoms with van der Waals surface area (Å²) in [6, 6.07) is 3.44. The quantitative estimate of drug-likeness (QED) is 0.380. The molecule has 1 aromatic carbocycles. The summed E-state index contributed by atoms with van der Waals surface area (Å²) < 4.78 is 21.9. The van der Waals surface area contributed by atoms with Crippen molar-refractivity contribution in [2.45, 2.75) is 26.3 Å². The summed E-state index contributed by atoms with van der Waals surface area (Å²) in [4.78, 5) is 34.2. The van der Waals surface area contributed by atoms with Gasteiger partial charge in [0.1, 0.15) is 5.02 Å². The molecule has 0 fully saturated rings. The highest BCUT2D eigenvalue weighted by Crippen LogP contribution is 2.49. The Labute approximate surface area is 195 Å². The first kappa shape index (κ1) is 24.0. The summed E-state index contributed by atoms with van der Waals surface area (Å²) in [7, 11) is 4.49. The Morgan fingerprint density at radius 2 is 1.88 bits per heavy atom. The monoisotopic (exact) mass is 476 g/mol. The highest BCUT2D eigenvalue weighted by molar-refractivity contribution is 6.35. The van der Waals surface area contributed by atoms with E-state index in [1.54, 1.807) is 18.3 Å². The number of benzene rings is 1. The number of carbonyl (C=O) groups is 2. The first-order chi connectivity index (χ1) is 15.9. The van der Waals surface area contributed by atoms with Gasteiger partial charge >= 0.3 is 5.97 Å². The topological polar surface area (TPSA) is 128 Å². The molecule has 11 heteroatoms. The molecular formula is C22H25ClN4O6. The van der Waals surface area contributed by atoms with Crippen LogP contribution in [0.25, 0.3) is 11.1 Å². The number of carbonyl (C=O) groups excluding carboxylic acids is 2. The predicted octanol–water partition coefficient (Wildman–Crippen LogP) is 3.72. The molecule has 0 unspecified atom stereocenters. The van der Waals surface area contributed by atoms with Crippen LogP contribution in [0.1, 0.15) is 36.1 Å². The molecule has 0 aliphatic carbocycles. The molecule has 2 aromatic heterocycles. The van der Waals surface area contributed by atoms with E-state index in [-0.39, 0.29) is 29.7 Å². The fourth-order valence-electron chi connectivity index (χ4n) is 3.29. The van der Waals surface area contributed by atoms with Gasteiger partial charge in [-0.25, -0.2) is 4.98 Å². The van der Waals surface area contributed by atoms with E-state index in [0.717, 1.165) is 0 Å². The zero-order chi connectivity index (χ0) is 24.0. The van der Waals surface area contributed by atoms with E-state index in [0.29, 0.717) is 40.5 Å². The molecule has 0 saturated carbocycles. The standard InChI is InChI=1S/C22H25ClN4O6/c1-5-6-15(28)33-22-17(23)16(12-7-8-14(30-2)19(32-4)18(12)31-3)13(27-22)11-26-21(29)20-24-9-10-25-20/h7-10,27H,5-6,11H2,1-4H3,(H,24,25)(H,26,29). The van der Waals surface area contributed by atoms with Crippen molar-refractivity contribution in [3.63, 3.8) is 0 Å². The molecule has 0 radical (unpaired) electrons. The minimum Gasteiger partial charge on any atom is -0.493 e. The summed E-state index contributed by atoms with van der Waals surface area (Å²) in [6.45, 7) is 1.91. The van der Waals surface area contributed by atoms with Crippen LogP contribution in [-0.2, 0) is 11.3 Å². The van der Waals surface area contributed by atoms with E-state index in [1.165, 1.54) is 27.5 Å². The number of aromatic amines is 2. The van der Waals surface area contributed by atoms with Crippen LogP contribution < -0.4 is 24.3 Å². The molecule has 0 atom stereocenters. The van der Waals surface area contributed by atoms with E-state index in [1.807, 2.05) is 6.92 Å². The highest BCUT2D eigenvalue weighted by Gasteiger charge is 2.26. The lowest BCUT2D eigenvalue weighted by Gasteiger charge is -2.16. The van der Waals surface area contributed by atoms with Crippen LogP contribution in [0.15, 0.2) is 24.5 Å². The van der Waals surface area contributed by atoms with Crippen molar-refractivity contribution in [3.8, 4) is 34.3 Å². The smallest absolute Gasteiger partial charge is 0.312 e. The van der Waals surface area contributed by atoms with E-state index < -0.39 is 11.9 Å². The Balaban J connectivity index is 2.07. The first-order valence-corrected chi connectivity index (χ1v) is 10.5. The van der Waals surface area contributed by atoms with E-state index in [4.69, 9.17) is 30.5 Å². The number of esters is 1. The number of hydrogen-bond acceptors (Lipinski definition) is 7. The lowest BCUT2D eigenvalue weighted by molar-refractivity contribution is -0.134. The molecule has 2 heterocycles. The minimum atomic E-state index is -0.433. The van der Waals surface area contributed by atoms with Crippen LogP contribution >= 0.6 is 11.6 Å². The van der Waals surface area contributed by atoms with Crippen molar-refractivity contribution >= 4 is 23.5 Å². The fourth-order valence-corrected chi connectivity index (χ4v) is 3.59. The van der Waals surface area contributed by atoms with Crippen LogP contribution in [0, 0.1) is 0 Å². The van der Waals surface area contributed by atoms with Gasteiger partial charge in [0.2, 0.25) is 11.6 Å². The van der Waals surface area contributed by atoms with Crippen LogP contribution in [0.5, 0.6) is 23.1 Å². The number of methoxy groups -OCH3 is 3. The third-order valence-corrected chi connectivity index (χ3v) is 5.13. The van der Waals surface area contributed by atoms with Crippen molar-refractivity contribution in [2.24, 2.45) is 0 Å². The van der Waals surface area contributed by atoms with Gasteiger partial charge in [-0.15, -0.1) is 0 Å². The Kier molecular flexibility index (Phi) is 7.83. The second-order valence-corrected chi connectivity index (χ2v) is 7.23. The maximum absolute atomic E-state index is 12.4. The molecule has 0 bridgehead atoms. The number of ether oxygens (including phenoxy) is 4. The highest BCUT2D eigenvalue weighted by atomic mass is 35.5. The summed E-state index contributed by atoms with van der Waals surface area (Å²) in [5.74, 6) is 0.578. The zero-order valence-corrected chi connectivity index (χ0v) is 19.5. The maximum Gasteiger partial charge on any atom is 0.312 e. The average Bonchev–Trinajstić information content (AvgIpc) is 3.45. The molecule has 3 rings (SSSR count). The maximum atomic E-state index is 12.4. The number of H-pyrrole nitrogens is 2. The van der Waals surface area contributed by atoms with Crippen molar-refractivity contribution in [3.05, 3.63) is 41.1 Å². The molecule has 3 aromatic rings. The number of nitrogens with one attached hydrogen (secondary N) is 3. The number of aromatic nitrogens is 3. The molecule has 0 spiro atoms. The van der Waals surface area contributed by atoms with E-state index >= 15 is 0 Å². The number of rotatable bonds is 10. The summed E-state index contributed by atoms with van der Waals surface area (Å²) >= 11 is 6.65. The number of halogens is 1. The molecular weight excluding hydrogens is 452 g/mol. The summed E-state index contributed by atoms with van der Waals surface area (Å²) in [5.41, 5.74) is 1.52. The van der Waals surface area contributed by atoms with Crippen LogP contribution in [0.2, 0.25) is 5.02 Å². The van der Waals surface area contributed by atoms with Crippen molar-refractivity contribution in [1.82, 2.24) is 20.3 Å². The van der Waals surface area contributed by atoms with Crippen LogP contribution in [0.4, 0.5) is 0 Å². The van der Waals surface area contributed by atoms with Gasteiger partial charge in [-0.3, -0.25) is 9.59 Å². The predicted molar refractivity (Wildman–Crippen MR) is 121 cm³/mol. The van der Waals surface area contributed by atoms with Gasteiger partial charge in [-0.2, -0.15) is 0 Å². The minimum absolute atomic E-state index is 0.0391. The fraction of sp³-hybridized carbons (Fsp3) is 0.318. The second-order valence-electron chi connectivity index (χ2n) is 6.85. The van der Waals surface area contributed by atoms with Gasteiger partial charge < -0.3 is 34.2 Å². The Morgan fingerprint density at radius 3 is 2.48 bits per heavy atom. The first-order valence-electron chi connectivity index (χ1n) is 10.1. The van der Waals surface area contributed by atoms with Gasteiger partial charge in [0.05, 0.1) is 27.9 Å².